The zero-order chi connectivity index (χ0) is 10.3. The number of hydrogen-bond donors (Lipinski definition) is 0. The van der Waals surface area contributed by atoms with Crippen LogP contribution in [0.1, 0.15) is 0 Å². The van der Waals surface area contributed by atoms with E-state index in [2.05, 4.69) is 75.9 Å². The van der Waals surface area contributed by atoms with Gasteiger partial charge in [-0.05, 0) is 29.7 Å². The van der Waals surface area contributed by atoms with Crippen molar-refractivity contribution in [2.45, 2.75) is 0 Å². The Bertz CT molecular complexity index is 462. The fourth-order valence-corrected chi connectivity index (χ4v) is 4.55. The molecule has 0 bridgehead atoms. The van der Waals surface area contributed by atoms with Crippen LogP contribution in [0.25, 0.3) is 10.8 Å². The molecule has 0 atom stereocenters. The molecule has 2 aromatic carbocycles. The summed E-state index contributed by atoms with van der Waals surface area (Å²) in [6.45, 7) is 0. The molecule has 0 unspecified atom stereocenters. The molecule has 14 heavy (non-hydrogen) atoms. The van der Waals surface area contributed by atoms with Crippen molar-refractivity contribution in [3.63, 3.8) is 0 Å². The molecule has 0 N–H and O–H groups in total. The van der Waals surface area contributed by atoms with Gasteiger partial charge in [-0.2, -0.15) is 0 Å². The van der Waals surface area contributed by atoms with Crippen molar-refractivity contribution in [1.82, 2.24) is 0 Å². The molecule has 4 heteroatoms. The first kappa shape index (κ1) is 11.1. The lowest BCUT2D eigenvalue weighted by atomic mass is 10.1. The summed E-state index contributed by atoms with van der Waals surface area (Å²) in [5, 5.41) is 2.38. The minimum atomic E-state index is 1.07. The third-order valence-electron chi connectivity index (χ3n) is 1.88. The summed E-state index contributed by atoms with van der Waals surface area (Å²) < 4.78 is 4.31. The van der Waals surface area contributed by atoms with Crippen LogP contribution in [0.2, 0.25) is 0 Å². The molecule has 0 saturated heterocycles. The van der Waals surface area contributed by atoms with Crippen molar-refractivity contribution >= 4 is 74.5 Å². The molecule has 72 valence electrons. The summed E-state index contributed by atoms with van der Waals surface area (Å²) in [6, 6.07) is 8.27. The van der Waals surface area contributed by atoms with Crippen LogP contribution >= 0.6 is 63.7 Å². The normalized spacial score (nSPS) is 10.9. The summed E-state index contributed by atoms with van der Waals surface area (Å²) in [6.07, 6.45) is 0. The summed E-state index contributed by atoms with van der Waals surface area (Å²) in [4.78, 5) is 0. The first-order valence-corrected chi connectivity index (χ1v) is 6.99. The van der Waals surface area contributed by atoms with Crippen molar-refractivity contribution in [3.05, 3.63) is 42.2 Å². The Morgan fingerprint density at radius 3 is 1.50 bits per heavy atom. The zero-order valence-corrected chi connectivity index (χ0v) is 13.2. The molecule has 0 aliphatic heterocycles. The Morgan fingerprint density at radius 2 is 1.07 bits per heavy atom. The van der Waals surface area contributed by atoms with E-state index < -0.39 is 0 Å². The van der Waals surface area contributed by atoms with Crippen molar-refractivity contribution < 1.29 is 0 Å². The summed E-state index contributed by atoms with van der Waals surface area (Å²) in [5.41, 5.74) is 0. The van der Waals surface area contributed by atoms with Crippen LogP contribution in [-0.4, -0.2) is 0 Å². The van der Waals surface area contributed by atoms with Crippen molar-refractivity contribution in [2.24, 2.45) is 0 Å². The molecule has 0 radical (unpaired) electrons. The lowest BCUT2D eigenvalue weighted by Gasteiger charge is -2.05. The number of benzene rings is 2. The minimum absolute atomic E-state index is 1.07. The molecule has 0 saturated carbocycles. The topological polar surface area (TPSA) is 0 Å². The van der Waals surface area contributed by atoms with Crippen LogP contribution in [0.5, 0.6) is 0 Å². The van der Waals surface area contributed by atoms with E-state index in [1.165, 1.54) is 10.8 Å². The molecular weight excluding hydrogens is 440 g/mol. The van der Waals surface area contributed by atoms with E-state index in [0.29, 0.717) is 0 Å². The molecule has 0 nitrogen and oxygen atoms in total. The Morgan fingerprint density at radius 1 is 0.643 bits per heavy atom. The van der Waals surface area contributed by atoms with Crippen LogP contribution in [0.4, 0.5) is 0 Å². The van der Waals surface area contributed by atoms with E-state index >= 15 is 0 Å². The van der Waals surface area contributed by atoms with Gasteiger partial charge in [-0.25, -0.2) is 0 Å². The van der Waals surface area contributed by atoms with Crippen LogP contribution < -0.4 is 0 Å². The maximum atomic E-state index is 3.55. The standard InChI is InChI=1S/C10H4Br4/c11-6-1-5-2-7(12)4-9(14)10(5)8(13)3-6/h1-4H. The van der Waals surface area contributed by atoms with Gasteiger partial charge in [0.1, 0.15) is 0 Å². The van der Waals surface area contributed by atoms with E-state index in [9.17, 15) is 0 Å². The smallest absolute Gasteiger partial charge is 0.0276 e. The van der Waals surface area contributed by atoms with Crippen molar-refractivity contribution in [2.75, 3.05) is 0 Å². The van der Waals surface area contributed by atoms with Gasteiger partial charge < -0.3 is 0 Å². The molecule has 0 heterocycles. The van der Waals surface area contributed by atoms with Crippen molar-refractivity contribution in [1.29, 1.82) is 0 Å². The number of halogens is 4. The van der Waals surface area contributed by atoms with Crippen LogP contribution in [0.3, 0.4) is 0 Å². The second kappa shape index (κ2) is 4.24. The average molecular weight is 444 g/mol. The van der Waals surface area contributed by atoms with Crippen molar-refractivity contribution in [3.8, 4) is 0 Å². The largest absolute Gasteiger partial charge is 0.0508 e. The number of rotatable bonds is 0. The maximum absolute atomic E-state index is 3.55. The van der Waals surface area contributed by atoms with Gasteiger partial charge >= 0.3 is 0 Å². The highest BCUT2D eigenvalue weighted by Crippen LogP contribution is 2.35. The van der Waals surface area contributed by atoms with Gasteiger partial charge in [0.2, 0.25) is 0 Å². The lowest BCUT2D eigenvalue weighted by Crippen LogP contribution is -1.78. The minimum Gasteiger partial charge on any atom is -0.0508 e. The van der Waals surface area contributed by atoms with Gasteiger partial charge in [0.25, 0.3) is 0 Å². The lowest BCUT2D eigenvalue weighted by molar-refractivity contribution is 1.61. The average Bonchev–Trinajstić information content (AvgIpc) is 1.99. The molecule has 0 amide bonds. The molecule has 0 aliphatic rings. The Kier molecular flexibility index (Phi) is 3.37. The quantitative estimate of drug-likeness (QED) is 0.476. The predicted molar refractivity (Wildman–Crippen MR) is 74.7 cm³/mol. The molecular formula is C10H4Br4. The highest BCUT2D eigenvalue weighted by Gasteiger charge is 2.05. The van der Waals surface area contributed by atoms with E-state index in [-0.39, 0.29) is 0 Å². The fraction of sp³-hybridized carbons (Fsp3) is 0. The van der Waals surface area contributed by atoms with Crippen LogP contribution in [0, 0.1) is 0 Å². The Labute approximate surface area is 116 Å². The molecule has 0 fully saturated rings. The van der Waals surface area contributed by atoms with Gasteiger partial charge in [0, 0.05) is 23.3 Å². The molecule has 2 rings (SSSR count). The second-order valence-electron chi connectivity index (χ2n) is 2.87. The van der Waals surface area contributed by atoms with E-state index in [1.807, 2.05) is 12.1 Å². The van der Waals surface area contributed by atoms with Gasteiger partial charge in [0.05, 0.1) is 0 Å². The summed E-state index contributed by atoms with van der Waals surface area (Å²) >= 11 is 14.0. The summed E-state index contributed by atoms with van der Waals surface area (Å²) in [7, 11) is 0. The first-order valence-electron chi connectivity index (χ1n) is 3.82. The highest BCUT2D eigenvalue weighted by atomic mass is 79.9. The van der Waals surface area contributed by atoms with E-state index in [0.717, 1.165) is 17.9 Å². The van der Waals surface area contributed by atoms with E-state index in [4.69, 9.17) is 0 Å². The third kappa shape index (κ3) is 2.08. The van der Waals surface area contributed by atoms with Gasteiger partial charge in [-0.3, -0.25) is 0 Å². The third-order valence-corrected chi connectivity index (χ3v) is 4.05. The number of fused-ring (bicyclic) bond motifs is 1. The fourth-order valence-electron chi connectivity index (χ4n) is 1.34. The van der Waals surface area contributed by atoms with Crippen LogP contribution in [0.15, 0.2) is 42.2 Å². The monoisotopic (exact) mass is 440 g/mol. The van der Waals surface area contributed by atoms with Crippen LogP contribution in [-0.2, 0) is 0 Å². The zero-order valence-electron chi connectivity index (χ0n) is 6.82. The maximum Gasteiger partial charge on any atom is 0.0276 e. The Balaban J connectivity index is 2.94. The van der Waals surface area contributed by atoms with Gasteiger partial charge in [-0.1, -0.05) is 63.7 Å². The summed E-state index contributed by atoms with van der Waals surface area (Å²) in [5.74, 6) is 0. The SMILES string of the molecule is Brc1cc(Br)c2c(Br)cc(Br)cc2c1. The van der Waals surface area contributed by atoms with Gasteiger partial charge in [-0.15, -0.1) is 0 Å². The van der Waals surface area contributed by atoms with Gasteiger partial charge in [0.15, 0.2) is 0 Å². The van der Waals surface area contributed by atoms with E-state index in [1.54, 1.807) is 0 Å². The predicted octanol–water partition coefficient (Wildman–Crippen LogP) is 5.89. The molecule has 0 spiro atoms. The molecule has 2 aromatic rings. The molecule has 0 aliphatic carbocycles. The Hall–Kier alpha value is 0.620. The first-order chi connectivity index (χ1) is 6.58. The molecule has 0 aromatic heterocycles. The second-order valence-corrected chi connectivity index (χ2v) is 6.41. The number of hydrogen-bond acceptors (Lipinski definition) is 0. The highest BCUT2D eigenvalue weighted by molar-refractivity contribution is 9.11.